The van der Waals surface area contributed by atoms with E-state index in [1.807, 2.05) is 19.2 Å². The summed E-state index contributed by atoms with van der Waals surface area (Å²) in [6.45, 7) is 11.0. The molecule has 35 heavy (non-hydrogen) atoms. The molecule has 0 amide bonds. The molecule has 0 spiro atoms. The van der Waals surface area contributed by atoms with Gasteiger partial charge < -0.3 is 8.54 Å². The summed E-state index contributed by atoms with van der Waals surface area (Å²) in [4.78, 5) is 0. The molecule has 4 aromatic rings. The van der Waals surface area contributed by atoms with E-state index in [0.717, 1.165) is 10.4 Å². The molecule has 4 rings (SSSR count). The fourth-order valence-electron chi connectivity index (χ4n) is 5.04. The van der Waals surface area contributed by atoms with E-state index in [9.17, 15) is 0 Å². The predicted molar refractivity (Wildman–Crippen MR) is 156 cm³/mol. The summed E-state index contributed by atoms with van der Waals surface area (Å²) >= 11 is 0. The van der Waals surface area contributed by atoms with Crippen molar-refractivity contribution in [1.82, 2.24) is 0 Å². The lowest BCUT2D eigenvalue weighted by Crippen LogP contribution is -2.80. The highest BCUT2D eigenvalue weighted by Crippen LogP contribution is 2.27. The van der Waals surface area contributed by atoms with Crippen LogP contribution < -0.4 is 20.7 Å². The smallest absolute Gasteiger partial charge is 0.319 e. The molecule has 0 aromatic heterocycles. The van der Waals surface area contributed by atoms with E-state index in [0.29, 0.717) is 0 Å². The van der Waals surface area contributed by atoms with Crippen LogP contribution in [0, 0.1) is 0 Å². The maximum atomic E-state index is 7.59. The molecule has 176 valence electrons. The highest BCUT2D eigenvalue weighted by molar-refractivity contribution is 7.50. The number of benzene rings is 4. The minimum Gasteiger partial charge on any atom is -0.427 e. The van der Waals surface area contributed by atoms with Crippen LogP contribution in [-0.4, -0.2) is 31.1 Å². The monoisotopic (exact) mass is 508 g/mol. The lowest BCUT2D eigenvalue weighted by atomic mass is 10.4. The van der Waals surface area contributed by atoms with E-state index in [2.05, 4.69) is 140 Å². The summed E-state index contributed by atoms with van der Waals surface area (Å²) in [6, 6.07) is 42.3. The van der Waals surface area contributed by atoms with Gasteiger partial charge in [0.2, 0.25) is 0 Å². The lowest BCUT2D eigenvalue weighted by Gasteiger charge is -2.47. The Balaban J connectivity index is 2.01. The van der Waals surface area contributed by atoms with E-state index >= 15 is 0 Å². The second-order valence-corrected chi connectivity index (χ2v) is 23.1. The van der Waals surface area contributed by atoms with Gasteiger partial charge in [-0.2, -0.15) is 0 Å². The van der Waals surface area contributed by atoms with Gasteiger partial charge in [0.15, 0.2) is 7.59 Å². The molecule has 1 atom stereocenters. The van der Waals surface area contributed by atoms with Crippen molar-refractivity contribution in [1.29, 1.82) is 0 Å². The van der Waals surface area contributed by atoms with Crippen LogP contribution in [0.1, 0.15) is 0 Å². The fraction of sp³-hybridized carbons (Fsp3) is 0.0667. The Bertz CT molecular complexity index is 1170. The van der Waals surface area contributed by atoms with Crippen LogP contribution >= 0.6 is 0 Å². The normalized spacial score (nSPS) is 13.5. The summed E-state index contributed by atoms with van der Waals surface area (Å²) in [6.07, 6.45) is 0. The Morgan fingerprint density at radius 3 is 1.17 bits per heavy atom. The first-order chi connectivity index (χ1) is 17.1. The highest BCUT2D eigenvalue weighted by Gasteiger charge is 2.60. The van der Waals surface area contributed by atoms with Crippen LogP contribution in [0.4, 0.5) is 0 Å². The molecule has 0 aliphatic heterocycles. The molecular weight excluding hydrogens is 477 g/mol. The zero-order valence-electron chi connectivity index (χ0n) is 20.4. The van der Waals surface area contributed by atoms with E-state index in [4.69, 9.17) is 8.54 Å². The van der Waals surface area contributed by atoms with E-state index in [1.54, 1.807) is 0 Å². The topological polar surface area (TPSA) is 18.5 Å². The Morgan fingerprint density at radius 1 is 0.543 bits per heavy atom. The van der Waals surface area contributed by atoms with Crippen LogP contribution in [0.25, 0.3) is 0 Å². The highest BCUT2D eigenvalue weighted by atomic mass is 29.3. The van der Waals surface area contributed by atoms with Crippen molar-refractivity contribution in [2.45, 2.75) is 6.55 Å². The van der Waals surface area contributed by atoms with Gasteiger partial charge in [-0.1, -0.05) is 133 Å². The fourth-order valence-corrected chi connectivity index (χ4v) is 25.0. The van der Waals surface area contributed by atoms with Crippen molar-refractivity contribution in [3.8, 4) is 0 Å². The first kappa shape index (κ1) is 25.0. The van der Waals surface area contributed by atoms with Gasteiger partial charge in [0, 0.05) is 7.11 Å². The summed E-state index contributed by atoms with van der Waals surface area (Å²) in [5, 5.41) is 4.80. The maximum absolute atomic E-state index is 7.59. The third-order valence-electron chi connectivity index (χ3n) is 6.92. The van der Waals surface area contributed by atoms with Gasteiger partial charge in [-0.25, -0.2) is 0 Å². The molecule has 0 saturated carbocycles. The quantitative estimate of drug-likeness (QED) is 0.298. The minimum absolute atomic E-state index is 1.16. The van der Waals surface area contributed by atoms with Crippen molar-refractivity contribution < 1.29 is 8.54 Å². The molecule has 0 saturated heterocycles. The minimum atomic E-state index is -3.00. The molecule has 5 heteroatoms. The molecule has 2 nitrogen and oxygen atoms in total. The van der Waals surface area contributed by atoms with E-state index in [1.165, 1.54) is 10.4 Å². The Hall–Kier alpha value is -3.07. The third kappa shape index (κ3) is 4.37. The zero-order chi connectivity index (χ0) is 24.8. The molecule has 0 radical (unpaired) electrons. The molecule has 0 aliphatic rings. The van der Waals surface area contributed by atoms with Crippen LogP contribution in [0.15, 0.2) is 146 Å². The summed E-state index contributed by atoms with van der Waals surface area (Å²) in [7, 11) is -6.79. The van der Waals surface area contributed by atoms with Gasteiger partial charge in [0.1, 0.15) is 0 Å². The second-order valence-electron chi connectivity index (χ2n) is 8.67. The Labute approximate surface area is 212 Å². The van der Waals surface area contributed by atoms with Crippen LogP contribution in [-0.2, 0) is 8.54 Å². The molecule has 0 heterocycles. The van der Waals surface area contributed by atoms with Gasteiger partial charge in [-0.15, -0.1) is 13.2 Å². The molecule has 4 aromatic carbocycles. The van der Waals surface area contributed by atoms with Crippen molar-refractivity contribution in [2.75, 3.05) is 7.11 Å². The van der Waals surface area contributed by atoms with Crippen molar-refractivity contribution in [2.24, 2.45) is 0 Å². The van der Waals surface area contributed by atoms with Crippen LogP contribution in [0.3, 0.4) is 0 Å². The zero-order valence-corrected chi connectivity index (χ0v) is 23.4. The van der Waals surface area contributed by atoms with Gasteiger partial charge in [0.25, 0.3) is 8.32 Å². The summed E-state index contributed by atoms with van der Waals surface area (Å²) in [5.74, 6) is 0. The molecule has 1 unspecified atom stereocenters. The standard InChI is InChI=1S/C30H32O2Si3/c1-5-34(27-19-11-7-12-20-27,28-21-13-8-14-22-28)32-33(4,31-3)35(6-2,29-23-15-9-16-24-29)30-25-17-10-18-26-30/h5-26H,1-2H2,3-4H3. The molecule has 0 fully saturated rings. The first-order valence-corrected chi connectivity index (χ1v) is 19.2. The van der Waals surface area contributed by atoms with Gasteiger partial charge in [0.05, 0.1) is 0 Å². The molecule has 0 aliphatic carbocycles. The lowest BCUT2D eigenvalue weighted by molar-refractivity contribution is 0.329. The average Bonchev–Trinajstić information content (AvgIpc) is 2.94. The first-order valence-electron chi connectivity index (χ1n) is 11.8. The Morgan fingerprint density at radius 2 is 0.886 bits per heavy atom. The molecule has 0 bridgehead atoms. The van der Waals surface area contributed by atoms with Crippen molar-refractivity contribution >= 4 is 44.7 Å². The maximum Gasteiger partial charge on any atom is 0.319 e. The largest absolute Gasteiger partial charge is 0.427 e. The van der Waals surface area contributed by atoms with Crippen LogP contribution in [0.2, 0.25) is 6.55 Å². The number of rotatable bonds is 10. The van der Waals surface area contributed by atoms with Gasteiger partial charge in [-0.3, -0.25) is 0 Å². The number of hydrogen-bond donors (Lipinski definition) is 0. The summed E-state index contributed by atoms with van der Waals surface area (Å²) in [5.41, 5.74) is 4.21. The second kappa shape index (κ2) is 10.7. The molecular formula is C30H32O2Si3. The van der Waals surface area contributed by atoms with E-state index < -0.39 is 24.0 Å². The van der Waals surface area contributed by atoms with Crippen molar-refractivity contribution in [3.05, 3.63) is 146 Å². The third-order valence-corrected chi connectivity index (χ3v) is 26.2. The SMILES string of the molecule is C=C[Si](O[Si](C)(OC)[Si](C=C)(c1ccccc1)c1ccccc1)(c1ccccc1)c1ccccc1. The Kier molecular flexibility index (Phi) is 7.64. The average molecular weight is 509 g/mol. The van der Waals surface area contributed by atoms with Gasteiger partial charge >= 0.3 is 8.08 Å². The van der Waals surface area contributed by atoms with Crippen LogP contribution in [0.5, 0.6) is 0 Å². The summed E-state index contributed by atoms with van der Waals surface area (Å²) < 4.78 is 14.2. The molecule has 0 N–H and O–H groups in total. The number of hydrogen-bond acceptors (Lipinski definition) is 2. The van der Waals surface area contributed by atoms with Gasteiger partial charge in [-0.05, 0) is 27.3 Å². The van der Waals surface area contributed by atoms with E-state index in [-0.39, 0.29) is 0 Å². The van der Waals surface area contributed by atoms with Crippen molar-refractivity contribution in [3.63, 3.8) is 0 Å². The predicted octanol–water partition coefficient (Wildman–Crippen LogP) is 4.27.